The van der Waals surface area contributed by atoms with Gasteiger partial charge in [0.05, 0.1) is 17.4 Å². The van der Waals surface area contributed by atoms with Crippen LogP contribution in [-0.4, -0.2) is 27.0 Å². The molecular formula is C12H17N5. The van der Waals surface area contributed by atoms with Gasteiger partial charge in [0.25, 0.3) is 0 Å². The van der Waals surface area contributed by atoms with Gasteiger partial charge in [0.15, 0.2) is 0 Å². The third-order valence-corrected chi connectivity index (χ3v) is 2.79. The number of pyridine rings is 1. The van der Waals surface area contributed by atoms with E-state index >= 15 is 0 Å². The third-order valence-electron chi connectivity index (χ3n) is 2.79. The Morgan fingerprint density at radius 3 is 2.88 bits per heavy atom. The minimum Gasteiger partial charge on any atom is -0.311 e. The number of hydrogen-bond donors (Lipinski definition) is 1. The monoisotopic (exact) mass is 231 g/mol. The first-order valence-electron chi connectivity index (χ1n) is 5.64. The minimum atomic E-state index is 0.174. The van der Waals surface area contributed by atoms with Gasteiger partial charge >= 0.3 is 0 Å². The highest BCUT2D eigenvalue weighted by Gasteiger charge is 2.15. The van der Waals surface area contributed by atoms with Crippen LogP contribution >= 0.6 is 0 Å². The van der Waals surface area contributed by atoms with E-state index in [1.54, 1.807) is 4.68 Å². The van der Waals surface area contributed by atoms with E-state index in [0.29, 0.717) is 0 Å². The number of nitrogens with one attached hydrogen (secondary N) is 1. The first kappa shape index (κ1) is 11.7. The average molecular weight is 231 g/mol. The predicted octanol–water partition coefficient (Wildman–Crippen LogP) is 1.02. The second kappa shape index (κ2) is 5.05. The Balaban J connectivity index is 2.20. The fourth-order valence-electron chi connectivity index (χ4n) is 1.90. The van der Waals surface area contributed by atoms with E-state index in [9.17, 15) is 0 Å². The van der Waals surface area contributed by atoms with Crippen LogP contribution in [0, 0.1) is 6.92 Å². The number of rotatable bonds is 4. The molecule has 90 valence electrons. The van der Waals surface area contributed by atoms with Gasteiger partial charge in [-0.25, -0.2) is 0 Å². The van der Waals surface area contributed by atoms with Crippen molar-refractivity contribution in [2.75, 3.05) is 7.05 Å². The summed E-state index contributed by atoms with van der Waals surface area (Å²) in [5, 5.41) is 11.3. The van der Waals surface area contributed by atoms with Crippen LogP contribution in [0.2, 0.25) is 0 Å². The number of aryl methyl sites for hydroxylation is 2. The lowest BCUT2D eigenvalue weighted by Gasteiger charge is -2.16. The Hall–Kier alpha value is -1.75. The van der Waals surface area contributed by atoms with Crippen LogP contribution in [0.15, 0.2) is 24.5 Å². The smallest absolute Gasteiger partial charge is 0.0846 e. The lowest BCUT2D eigenvalue weighted by Crippen LogP contribution is -2.21. The van der Waals surface area contributed by atoms with Crippen molar-refractivity contribution >= 4 is 0 Å². The summed E-state index contributed by atoms with van der Waals surface area (Å²) < 4.78 is 1.72. The van der Waals surface area contributed by atoms with Crippen molar-refractivity contribution in [1.29, 1.82) is 0 Å². The maximum Gasteiger partial charge on any atom is 0.0846 e. The quantitative estimate of drug-likeness (QED) is 0.853. The van der Waals surface area contributed by atoms with Gasteiger partial charge in [-0.1, -0.05) is 11.3 Å². The zero-order valence-corrected chi connectivity index (χ0v) is 10.4. The molecule has 2 heterocycles. The van der Waals surface area contributed by atoms with Crippen LogP contribution in [0.25, 0.3) is 0 Å². The first-order valence-corrected chi connectivity index (χ1v) is 5.64. The van der Waals surface area contributed by atoms with Gasteiger partial charge in [-0.05, 0) is 25.6 Å². The number of nitrogens with zero attached hydrogens (tertiary/aromatic N) is 4. The highest BCUT2D eigenvalue weighted by molar-refractivity contribution is 5.22. The molecule has 2 aromatic heterocycles. The molecule has 2 rings (SSSR count). The van der Waals surface area contributed by atoms with E-state index in [2.05, 4.69) is 33.6 Å². The van der Waals surface area contributed by atoms with E-state index < -0.39 is 0 Å². The molecule has 0 bridgehead atoms. The first-order chi connectivity index (χ1) is 8.20. The Labute approximate surface area is 101 Å². The second-order valence-corrected chi connectivity index (χ2v) is 4.13. The maximum atomic E-state index is 4.43. The molecule has 0 saturated carbocycles. The van der Waals surface area contributed by atoms with E-state index in [4.69, 9.17) is 0 Å². The molecule has 0 fully saturated rings. The lowest BCUT2D eigenvalue weighted by molar-refractivity contribution is 0.564. The molecule has 0 aromatic carbocycles. The van der Waals surface area contributed by atoms with E-state index in [0.717, 1.165) is 17.8 Å². The Morgan fingerprint density at radius 1 is 1.47 bits per heavy atom. The van der Waals surface area contributed by atoms with Crippen LogP contribution in [0.5, 0.6) is 0 Å². The van der Waals surface area contributed by atoms with Crippen molar-refractivity contribution in [1.82, 2.24) is 25.3 Å². The van der Waals surface area contributed by atoms with Gasteiger partial charge in [-0.3, -0.25) is 9.67 Å². The normalized spacial score (nSPS) is 12.6. The van der Waals surface area contributed by atoms with Crippen LogP contribution in [-0.2, 0) is 13.5 Å². The highest BCUT2D eigenvalue weighted by atomic mass is 15.4. The van der Waals surface area contributed by atoms with Crippen molar-refractivity contribution in [2.24, 2.45) is 7.05 Å². The van der Waals surface area contributed by atoms with Gasteiger partial charge in [-0.2, -0.15) is 0 Å². The van der Waals surface area contributed by atoms with E-state index in [1.807, 2.05) is 32.6 Å². The van der Waals surface area contributed by atoms with Crippen molar-refractivity contribution in [3.63, 3.8) is 0 Å². The minimum absolute atomic E-state index is 0.174. The van der Waals surface area contributed by atoms with Crippen LogP contribution in [0.1, 0.15) is 23.0 Å². The molecule has 1 atom stereocenters. The van der Waals surface area contributed by atoms with Crippen LogP contribution in [0.3, 0.4) is 0 Å². The van der Waals surface area contributed by atoms with E-state index in [-0.39, 0.29) is 6.04 Å². The molecule has 0 aliphatic rings. The lowest BCUT2D eigenvalue weighted by atomic mass is 10.0. The van der Waals surface area contributed by atoms with Crippen molar-refractivity contribution < 1.29 is 0 Å². The van der Waals surface area contributed by atoms with Gasteiger partial charge in [0.1, 0.15) is 0 Å². The highest BCUT2D eigenvalue weighted by Crippen LogP contribution is 2.17. The number of hydrogen-bond acceptors (Lipinski definition) is 4. The van der Waals surface area contributed by atoms with E-state index in [1.165, 1.54) is 5.56 Å². The van der Waals surface area contributed by atoms with Crippen LogP contribution in [0.4, 0.5) is 0 Å². The summed E-state index contributed by atoms with van der Waals surface area (Å²) in [5.74, 6) is 0. The van der Waals surface area contributed by atoms with Gasteiger partial charge < -0.3 is 5.32 Å². The Bertz CT molecular complexity index is 491. The topological polar surface area (TPSA) is 55.6 Å². The molecule has 2 aromatic rings. The zero-order chi connectivity index (χ0) is 12.3. The third kappa shape index (κ3) is 2.68. The van der Waals surface area contributed by atoms with Crippen molar-refractivity contribution in [2.45, 2.75) is 19.4 Å². The summed E-state index contributed by atoms with van der Waals surface area (Å²) in [6, 6.07) is 4.20. The SMILES string of the molecule is CNC(Cc1cn(C)nn1)c1ncccc1C. The molecule has 1 unspecified atom stereocenters. The Morgan fingerprint density at radius 2 is 2.29 bits per heavy atom. The molecule has 0 aliphatic heterocycles. The van der Waals surface area contributed by atoms with Gasteiger partial charge in [0, 0.05) is 25.9 Å². The molecule has 0 spiro atoms. The predicted molar refractivity (Wildman–Crippen MR) is 65.5 cm³/mol. The molecule has 1 N–H and O–H groups in total. The number of aromatic nitrogens is 4. The molecule has 5 heteroatoms. The summed E-state index contributed by atoms with van der Waals surface area (Å²) in [5.41, 5.74) is 3.23. The molecule has 0 amide bonds. The molecule has 17 heavy (non-hydrogen) atoms. The second-order valence-electron chi connectivity index (χ2n) is 4.13. The van der Waals surface area contributed by atoms with Gasteiger partial charge in [0.2, 0.25) is 0 Å². The summed E-state index contributed by atoms with van der Waals surface area (Å²) in [4.78, 5) is 4.43. The zero-order valence-electron chi connectivity index (χ0n) is 10.4. The molecule has 0 saturated heterocycles. The summed E-state index contributed by atoms with van der Waals surface area (Å²) in [7, 11) is 3.81. The molecule has 0 aliphatic carbocycles. The average Bonchev–Trinajstić information content (AvgIpc) is 2.73. The Kier molecular flexibility index (Phi) is 3.49. The summed E-state index contributed by atoms with van der Waals surface area (Å²) >= 11 is 0. The fourth-order valence-corrected chi connectivity index (χ4v) is 1.90. The molecular weight excluding hydrogens is 214 g/mol. The van der Waals surface area contributed by atoms with Gasteiger partial charge in [-0.15, -0.1) is 5.10 Å². The molecule has 0 radical (unpaired) electrons. The van der Waals surface area contributed by atoms with Crippen LogP contribution < -0.4 is 5.32 Å². The molecule has 5 nitrogen and oxygen atoms in total. The summed E-state index contributed by atoms with van der Waals surface area (Å²) in [6.45, 7) is 2.07. The fraction of sp³-hybridized carbons (Fsp3) is 0.417. The standard InChI is InChI=1S/C12H17N5/c1-9-5-4-6-14-12(9)11(13-2)7-10-8-17(3)16-15-10/h4-6,8,11,13H,7H2,1-3H3. The summed E-state index contributed by atoms with van der Waals surface area (Å²) in [6.07, 6.45) is 4.55. The largest absolute Gasteiger partial charge is 0.311 e. The van der Waals surface area contributed by atoms with Crippen molar-refractivity contribution in [3.8, 4) is 0 Å². The van der Waals surface area contributed by atoms with Crippen molar-refractivity contribution in [3.05, 3.63) is 41.5 Å². The maximum absolute atomic E-state index is 4.43. The number of likely N-dealkylation sites (N-methyl/N-ethyl adjacent to an activating group) is 1.